The monoisotopic (exact) mass is 356 g/mol. The van der Waals surface area contributed by atoms with Crippen LogP contribution in [0.15, 0.2) is 48.8 Å². The molecule has 0 radical (unpaired) electrons. The van der Waals surface area contributed by atoms with E-state index in [1.54, 1.807) is 24.5 Å². The Hall–Kier alpha value is -2.27. The van der Waals surface area contributed by atoms with Gasteiger partial charge in [0, 0.05) is 24.9 Å². The number of aliphatic hydroxyl groups is 1. The Bertz CT molecular complexity index is 700. The number of carbonyl (C=O) groups is 1. The highest BCUT2D eigenvalue weighted by molar-refractivity contribution is 5.76. The van der Waals surface area contributed by atoms with E-state index in [4.69, 9.17) is 0 Å². The summed E-state index contributed by atoms with van der Waals surface area (Å²) in [5.74, 6) is 0.111. The van der Waals surface area contributed by atoms with Gasteiger partial charge in [-0.3, -0.25) is 9.78 Å². The van der Waals surface area contributed by atoms with Crippen molar-refractivity contribution in [2.45, 2.75) is 50.7 Å². The molecule has 1 amide bonds. The molecule has 1 aliphatic carbocycles. The van der Waals surface area contributed by atoms with E-state index in [0.29, 0.717) is 12.3 Å². The number of aromatic nitrogens is 1. The molecular formula is C21H25FN2O2. The van der Waals surface area contributed by atoms with E-state index in [9.17, 15) is 14.3 Å². The molecular weight excluding hydrogens is 331 g/mol. The minimum atomic E-state index is -0.242. The van der Waals surface area contributed by atoms with Crippen LogP contribution in [-0.2, 0) is 17.6 Å². The highest BCUT2D eigenvalue weighted by Crippen LogP contribution is 2.31. The van der Waals surface area contributed by atoms with Gasteiger partial charge in [0.15, 0.2) is 0 Å². The lowest BCUT2D eigenvalue weighted by molar-refractivity contribution is -0.123. The topological polar surface area (TPSA) is 62.2 Å². The molecule has 0 spiro atoms. The molecule has 1 heterocycles. The highest BCUT2D eigenvalue weighted by atomic mass is 19.1. The number of rotatable bonds is 8. The molecule has 1 atom stereocenters. The van der Waals surface area contributed by atoms with Gasteiger partial charge in [0.05, 0.1) is 6.10 Å². The van der Waals surface area contributed by atoms with Crippen LogP contribution in [0, 0.1) is 11.7 Å². The fraction of sp³-hybridized carbons (Fsp3) is 0.429. The Morgan fingerprint density at radius 2 is 1.85 bits per heavy atom. The van der Waals surface area contributed by atoms with Crippen LogP contribution in [-0.4, -0.2) is 28.1 Å². The van der Waals surface area contributed by atoms with E-state index in [0.717, 1.165) is 43.2 Å². The van der Waals surface area contributed by atoms with E-state index in [-0.39, 0.29) is 23.9 Å². The van der Waals surface area contributed by atoms with E-state index in [2.05, 4.69) is 10.3 Å². The van der Waals surface area contributed by atoms with Gasteiger partial charge in [-0.1, -0.05) is 12.1 Å². The second-order valence-corrected chi connectivity index (χ2v) is 7.10. The summed E-state index contributed by atoms with van der Waals surface area (Å²) in [4.78, 5) is 16.4. The number of benzene rings is 1. The van der Waals surface area contributed by atoms with Gasteiger partial charge in [-0.25, -0.2) is 4.39 Å². The molecule has 0 unspecified atom stereocenters. The standard InChI is InChI=1S/C21H25FN2O2/c22-18-6-4-15(5-7-18)2-1-3-21(26)24-20(17-13-19(25)14-17)12-16-8-10-23-11-9-16/h4-11,17,19-20,25H,1-3,12-14H2,(H,24,26)/t17?,19?,20-/m1/s1. The normalized spacial score (nSPS) is 20.2. The van der Waals surface area contributed by atoms with Gasteiger partial charge in [0.25, 0.3) is 0 Å². The molecule has 1 fully saturated rings. The Morgan fingerprint density at radius 3 is 2.50 bits per heavy atom. The van der Waals surface area contributed by atoms with Crippen molar-refractivity contribution >= 4 is 5.91 Å². The molecule has 5 heteroatoms. The van der Waals surface area contributed by atoms with Gasteiger partial charge in [-0.05, 0) is 73.4 Å². The Morgan fingerprint density at radius 1 is 1.15 bits per heavy atom. The van der Waals surface area contributed by atoms with Crippen LogP contribution >= 0.6 is 0 Å². The predicted octanol–water partition coefficient (Wildman–Crippen LogP) is 3.04. The second-order valence-electron chi connectivity index (χ2n) is 7.10. The molecule has 1 aromatic heterocycles. The number of halogens is 1. The molecule has 1 aliphatic rings. The minimum absolute atomic E-state index is 0.0348. The molecule has 0 aliphatic heterocycles. The molecule has 3 rings (SSSR count). The third kappa shape index (κ3) is 5.36. The quantitative estimate of drug-likeness (QED) is 0.764. The number of hydrogen-bond donors (Lipinski definition) is 2. The lowest BCUT2D eigenvalue weighted by Gasteiger charge is -2.38. The SMILES string of the molecule is O=C(CCCc1ccc(F)cc1)N[C@H](Cc1ccncc1)C1CC(O)C1. The van der Waals surface area contributed by atoms with Crippen LogP contribution in [0.4, 0.5) is 4.39 Å². The summed E-state index contributed by atoms with van der Waals surface area (Å²) >= 11 is 0. The van der Waals surface area contributed by atoms with Crippen molar-refractivity contribution in [1.82, 2.24) is 10.3 Å². The third-order valence-electron chi connectivity index (χ3n) is 5.05. The van der Waals surface area contributed by atoms with Gasteiger partial charge in [-0.15, -0.1) is 0 Å². The van der Waals surface area contributed by atoms with E-state index >= 15 is 0 Å². The summed E-state index contributed by atoms with van der Waals surface area (Å²) in [6.45, 7) is 0. The molecule has 26 heavy (non-hydrogen) atoms. The zero-order chi connectivity index (χ0) is 18.4. The zero-order valence-corrected chi connectivity index (χ0v) is 14.8. The Kier molecular flexibility index (Phi) is 6.34. The summed E-state index contributed by atoms with van der Waals surface area (Å²) in [6, 6.07) is 10.4. The molecule has 1 saturated carbocycles. The van der Waals surface area contributed by atoms with Gasteiger partial charge >= 0.3 is 0 Å². The van der Waals surface area contributed by atoms with Crippen molar-refractivity contribution in [3.63, 3.8) is 0 Å². The first-order chi connectivity index (χ1) is 12.6. The van der Waals surface area contributed by atoms with E-state index < -0.39 is 0 Å². The first-order valence-corrected chi connectivity index (χ1v) is 9.21. The molecule has 138 valence electrons. The number of carbonyl (C=O) groups excluding carboxylic acids is 1. The number of nitrogens with one attached hydrogen (secondary N) is 1. The lowest BCUT2D eigenvalue weighted by Crippen LogP contribution is -2.48. The molecule has 4 nitrogen and oxygen atoms in total. The molecule has 1 aromatic carbocycles. The Balaban J connectivity index is 1.49. The number of amides is 1. The van der Waals surface area contributed by atoms with Crippen molar-refractivity contribution in [2.24, 2.45) is 5.92 Å². The van der Waals surface area contributed by atoms with Crippen molar-refractivity contribution in [1.29, 1.82) is 0 Å². The molecule has 0 saturated heterocycles. The van der Waals surface area contributed by atoms with Crippen LogP contribution < -0.4 is 5.32 Å². The van der Waals surface area contributed by atoms with Gasteiger partial charge in [0.1, 0.15) is 5.82 Å². The predicted molar refractivity (Wildman–Crippen MR) is 97.9 cm³/mol. The number of nitrogens with zero attached hydrogens (tertiary/aromatic N) is 1. The summed E-state index contributed by atoms with van der Waals surface area (Å²) < 4.78 is 12.9. The van der Waals surface area contributed by atoms with Gasteiger partial charge in [-0.2, -0.15) is 0 Å². The summed E-state index contributed by atoms with van der Waals surface area (Å²) in [5.41, 5.74) is 2.17. The Labute approximate surface area is 153 Å². The van der Waals surface area contributed by atoms with Crippen LogP contribution in [0.2, 0.25) is 0 Å². The summed E-state index contributed by atoms with van der Waals surface area (Å²) in [6.07, 6.45) is 7.44. The molecule has 2 N–H and O–H groups in total. The average Bonchev–Trinajstić information content (AvgIpc) is 2.61. The second kappa shape index (κ2) is 8.90. The lowest BCUT2D eigenvalue weighted by atomic mass is 9.75. The zero-order valence-electron chi connectivity index (χ0n) is 14.8. The number of aliphatic hydroxyl groups excluding tert-OH is 1. The molecule has 2 aromatic rings. The fourth-order valence-electron chi connectivity index (χ4n) is 3.45. The van der Waals surface area contributed by atoms with Crippen LogP contribution in [0.1, 0.15) is 36.8 Å². The number of hydrogen-bond acceptors (Lipinski definition) is 3. The number of aryl methyl sites for hydroxylation is 1. The first kappa shape index (κ1) is 18.5. The smallest absolute Gasteiger partial charge is 0.220 e. The summed E-state index contributed by atoms with van der Waals surface area (Å²) in [5, 5.41) is 12.8. The van der Waals surface area contributed by atoms with E-state index in [1.165, 1.54) is 12.1 Å². The maximum Gasteiger partial charge on any atom is 0.220 e. The molecule has 0 bridgehead atoms. The fourth-order valence-corrected chi connectivity index (χ4v) is 3.45. The maximum absolute atomic E-state index is 12.9. The van der Waals surface area contributed by atoms with Crippen molar-refractivity contribution in [3.8, 4) is 0 Å². The van der Waals surface area contributed by atoms with E-state index in [1.807, 2.05) is 12.1 Å². The number of pyridine rings is 1. The van der Waals surface area contributed by atoms with Crippen molar-refractivity contribution in [2.75, 3.05) is 0 Å². The van der Waals surface area contributed by atoms with Crippen molar-refractivity contribution < 1.29 is 14.3 Å². The van der Waals surface area contributed by atoms with Gasteiger partial charge < -0.3 is 10.4 Å². The third-order valence-corrected chi connectivity index (χ3v) is 5.05. The minimum Gasteiger partial charge on any atom is -0.393 e. The summed E-state index contributed by atoms with van der Waals surface area (Å²) in [7, 11) is 0. The maximum atomic E-state index is 12.9. The highest BCUT2D eigenvalue weighted by Gasteiger charge is 2.34. The van der Waals surface area contributed by atoms with Crippen molar-refractivity contribution in [3.05, 3.63) is 65.7 Å². The largest absolute Gasteiger partial charge is 0.393 e. The van der Waals surface area contributed by atoms with Crippen LogP contribution in [0.25, 0.3) is 0 Å². The van der Waals surface area contributed by atoms with Crippen LogP contribution in [0.3, 0.4) is 0 Å². The first-order valence-electron chi connectivity index (χ1n) is 9.21. The average molecular weight is 356 g/mol. The van der Waals surface area contributed by atoms with Crippen LogP contribution in [0.5, 0.6) is 0 Å². The van der Waals surface area contributed by atoms with Gasteiger partial charge in [0.2, 0.25) is 5.91 Å².